The van der Waals surface area contributed by atoms with Gasteiger partial charge in [0.1, 0.15) is 5.84 Å². The number of rotatable bonds is 4. The van der Waals surface area contributed by atoms with Gasteiger partial charge >= 0.3 is 0 Å². The summed E-state index contributed by atoms with van der Waals surface area (Å²) in [5, 5.41) is 2.81. The van der Waals surface area contributed by atoms with Gasteiger partial charge in [-0.3, -0.25) is 4.79 Å². The summed E-state index contributed by atoms with van der Waals surface area (Å²) >= 11 is 5.55. The molecule has 0 atom stereocenters. The van der Waals surface area contributed by atoms with Crippen LogP contribution in [0.1, 0.15) is 18.9 Å². The molecule has 0 aliphatic heterocycles. The lowest BCUT2D eigenvalue weighted by atomic mass is 10.2. The van der Waals surface area contributed by atoms with Crippen LogP contribution in [0.5, 0.6) is 0 Å². The van der Waals surface area contributed by atoms with Crippen molar-refractivity contribution in [2.24, 2.45) is 10.7 Å². The molecule has 0 unspecified atom stereocenters. The van der Waals surface area contributed by atoms with Crippen molar-refractivity contribution in [2.45, 2.75) is 20.3 Å². The van der Waals surface area contributed by atoms with Crippen LogP contribution in [0.25, 0.3) is 0 Å². The molecule has 17 heavy (non-hydrogen) atoms. The lowest BCUT2D eigenvalue weighted by molar-refractivity contribution is -0.115. The molecule has 0 aromatic heterocycles. The fourth-order valence-corrected chi connectivity index (χ4v) is 1.31. The van der Waals surface area contributed by atoms with Crippen molar-refractivity contribution in [3.63, 3.8) is 0 Å². The Morgan fingerprint density at radius 2 is 2.24 bits per heavy atom. The van der Waals surface area contributed by atoms with Crippen LogP contribution in [0.3, 0.4) is 0 Å². The topological polar surface area (TPSA) is 67.5 Å². The number of aliphatic imine (C=N–C) groups is 1. The fourth-order valence-electron chi connectivity index (χ4n) is 1.25. The van der Waals surface area contributed by atoms with Gasteiger partial charge in [0.25, 0.3) is 0 Å². The van der Waals surface area contributed by atoms with E-state index >= 15 is 0 Å². The summed E-state index contributed by atoms with van der Waals surface area (Å²) in [6, 6.07) is 5.49. The van der Waals surface area contributed by atoms with Crippen LogP contribution in [0.2, 0.25) is 0 Å². The highest BCUT2D eigenvalue weighted by Crippen LogP contribution is 2.22. The molecule has 3 N–H and O–H groups in total. The van der Waals surface area contributed by atoms with E-state index in [1.807, 2.05) is 19.1 Å². The summed E-state index contributed by atoms with van der Waals surface area (Å²) in [6.07, 6.45) is 0.441. The first-order valence-electron chi connectivity index (χ1n) is 5.36. The van der Waals surface area contributed by atoms with Gasteiger partial charge in [-0.1, -0.05) is 13.0 Å². The molecule has 4 nitrogen and oxygen atoms in total. The molecule has 0 aliphatic carbocycles. The SMILES string of the molecule is CCC(=O)Nc1cc(N=C(N)CCl)ccc1C. The zero-order valence-electron chi connectivity index (χ0n) is 9.96. The first kappa shape index (κ1) is 13.5. The third-order valence-electron chi connectivity index (χ3n) is 2.23. The summed E-state index contributed by atoms with van der Waals surface area (Å²) in [7, 11) is 0. The van der Waals surface area contributed by atoms with Crippen LogP contribution in [-0.4, -0.2) is 17.6 Å². The minimum Gasteiger partial charge on any atom is -0.386 e. The van der Waals surface area contributed by atoms with Crippen molar-refractivity contribution in [3.8, 4) is 0 Å². The molecule has 0 spiro atoms. The fraction of sp³-hybridized carbons (Fsp3) is 0.333. The van der Waals surface area contributed by atoms with Gasteiger partial charge in [0.15, 0.2) is 0 Å². The van der Waals surface area contributed by atoms with Crippen molar-refractivity contribution >= 4 is 34.7 Å². The van der Waals surface area contributed by atoms with Gasteiger partial charge in [-0.05, 0) is 24.6 Å². The van der Waals surface area contributed by atoms with E-state index < -0.39 is 0 Å². The van der Waals surface area contributed by atoms with Gasteiger partial charge in [0.05, 0.1) is 11.6 Å². The molecular formula is C12H16ClN3O. The molecule has 0 saturated carbocycles. The Kier molecular flexibility index (Phi) is 4.97. The van der Waals surface area contributed by atoms with Crippen LogP contribution in [0.15, 0.2) is 23.2 Å². The minimum atomic E-state index is -0.0282. The minimum absolute atomic E-state index is 0.0282. The molecule has 0 heterocycles. The Balaban J connectivity index is 2.98. The predicted octanol–water partition coefficient (Wildman–Crippen LogP) is 2.57. The number of nitrogens with zero attached hydrogens (tertiary/aromatic N) is 1. The average Bonchev–Trinajstić information content (AvgIpc) is 2.33. The van der Waals surface area contributed by atoms with E-state index in [0.29, 0.717) is 17.9 Å². The Labute approximate surface area is 106 Å². The number of hydrogen-bond donors (Lipinski definition) is 2. The zero-order valence-corrected chi connectivity index (χ0v) is 10.7. The number of nitrogens with one attached hydrogen (secondary N) is 1. The van der Waals surface area contributed by atoms with Crippen molar-refractivity contribution < 1.29 is 4.79 Å². The van der Waals surface area contributed by atoms with Crippen molar-refractivity contribution in [1.29, 1.82) is 0 Å². The summed E-state index contributed by atoms with van der Waals surface area (Å²) < 4.78 is 0. The summed E-state index contributed by atoms with van der Waals surface area (Å²) in [6.45, 7) is 3.72. The molecular weight excluding hydrogens is 238 g/mol. The highest BCUT2D eigenvalue weighted by Gasteiger charge is 2.03. The second kappa shape index (κ2) is 6.25. The van der Waals surface area contributed by atoms with E-state index in [0.717, 1.165) is 11.3 Å². The number of anilines is 1. The Bertz CT molecular complexity index is 443. The summed E-state index contributed by atoms with van der Waals surface area (Å²) in [5.74, 6) is 0.507. The number of amides is 1. The smallest absolute Gasteiger partial charge is 0.224 e. The maximum atomic E-state index is 11.3. The second-order valence-electron chi connectivity index (χ2n) is 3.64. The lowest BCUT2D eigenvalue weighted by Gasteiger charge is -2.08. The number of amidine groups is 1. The van der Waals surface area contributed by atoms with E-state index in [9.17, 15) is 4.79 Å². The first-order valence-corrected chi connectivity index (χ1v) is 5.89. The van der Waals surface area contributed by atoms with Crippen molar-refractivity contribution in [1.82, 2.24) is 0 Å². The quantitative estimate of drug-likeness (QED) is 0.492. The third kappa shape index (κ3) is 4.07. The molecule has 0 bridgehead atoms. The zero-order chi connectivity index (χ0) is 12.8. The molecule has 5 heteroatoms. The number of alkyl halides is 1. The van der Waals surface area contributed by atoms with Crippen LogP contribution >= 0.6 is 11.6 Å². The number of carbonyl (C=O) groups excluding carboxylic acids is 1. The molecule has 1 amide bonds. The molecule has 0 fully saturated rings. The van der Waals surface area contributed by atoms with E-state index in [1.165, 1.54) is 0 Å². The molecule has 0 radical (unpaired) electrons. The first-order chi connectivity index (χ1) is 8.06. The van der Waals surface area contributed by atoms with Crippen LogP contribution < -0.4 is 11.1 Å². The summed E-state index contributed by atoms with van der Waals surface area (Å²) in [5.41, 5.74) is 7.96. The summed E-state index contributed by atoms with van der Waals surface area (Å²) in [4.78, 5) is 15.5. The van der Waals surface area contributed by atoms with E-state index in [2.05, 4.69) is 10.3 Å². The van der Waals surface area contributed by atoms with Gasteiger partial charge < -0.3 is 11.1 Å². The Morgan fingerprint density at radius 3 is 2.82 bits per heavy atom. The molecule has 92 valence electrons. The van der Waals surface area contributed by atoms with Crippen molar-refractivity contribution in [3.05, 3.63) is 23.8 Å². The predicted molar refractivity (Wildman–Crippen MR) is 72.1 cm³/mol. The maximum absolute atomic E-state index is 11.3. The number of benzene rings is 1. The van der Waals surface area contributed by atoms with Crippen LogP contribution in [0.4, 0.5) is 11.4 Å². The van der Waals surface area contributed by atoms with Gasteiger partial charge in [-0.15, -0.1) is 11.6 Å². The number of hydrogen-bond acceptors (Lipinski definition) is 2. The molecule has 1 aromatic carbocycles. The molecule has 1 aromatic rings. The van der Waals surface area contributed by atoms with Crippen LogP contribution in [0, 0.1) is 6.92 Å². The standard InChI is InChI=1S/C12H16ClN3O/c1-3-12(17)16-10-6-9(5-4-8(10)2)15-11(14)7-13/h4-6H,3,7H2,1-2H3,(H2,14,15)(H,16,17). The normalized spacial score (nSPS) is 11.4. The van der Waals surface area contributed by atoms with E-state index in [4.69, 9.17) is 17.3 Å². The highest BCUT2D eigenvalue weighted by atomic mass is 35.5. The van der Waals surface area contributed by atoms with E-state index in [-0.39, 0.29) is 11.8 Å². The van der Waals surface area contributed by atoms with Crippen LogP contribution in [-0.2, 0) is 4.79 Å². The maximum Gasteiger partial charge on any atom is 0.224 e. The number of nitrogens with two attached hydrogens (primary N) is 1. The van der Waals surface area contributed by atoms with Gasteiger partial charge in [-0.2, -0.15) is 0 Å². The Hall–Kier alpha value is -1.55. The molecule has 1 rings (SSSR count). The number of halogens is 1. The monoisotopic (exact) mass is 253 g/mol. The van der Waals surface area contributed by atoms with Gasteiger partial charge in [0.2, 0.25) is 5.91 Å². The van der Waals surface area contributed by atoms with Crippen molar-refractivity contribution in [2.75, 3.05) is 11.2 Å². The van der Waals surface area contributed by atoms with Gasteiger partial charge in [0, 0.05) is 12.1 Å². The third-order valence-corrected chi connectivity index (χ3v) is 2.50. The second-order valence-corrected chi connectivity index (χ2v) is 3.90. The highest BCUT2D eigenvalue weighted by molar-refractivity contribution is 6.28. The molecule has 0 aliphatic rings. The Morgan fingerprint density at radius 1 is 1.53 bits per heavy atom. The molecule has 0 saturated heterocycles. The van der Waals surface area contributed by atoms with E-state index in [1.54, 1.807) is 13.0 Å². The lowest BCUT2D eigenvalue weighted by Crippen LogP contribution is -2.12. The largest absolute Gasteiger partial charge is 0.386 e. The van der Waals surface area contributed by atoms with Gasteiger partial charge in [-0.25, -0.2) is 4.99 Å². The average molecular weight is 254 g/mol. The number of aryl methyl sites for hydroxylation is 1. The number of carbonyl (C=O) groups is 1.